The predicted octanol–water partition coefficient (Wildman–Crippen LogP) is 3.57. The Hall–Kier alpha value is -2.16. The van der Waals surface area contributed by atoms with Gasteiger partial charge in [-0.05, 0) is 18.6 Å². The number of hydrogen-bond acceptors (Lipinski definition) is 2. The topological polar surface area (TPSA) is 43.1 Å². The van der Waals surface area contributed by atoms with Crippen molar-refractivity contribution >= 4 is 5.69 Å². The van der Waals surface area contributed by atoms with Crippen molar-refractivity contribution in [3.63, 3.8) is 0 Å². The molecule has 80 valence electrons. The van der Waals surface area contributed by atoms with Crippen LogP contribution in [0.3, 0.4) is 0 Å². The molecule has 0 amide bonds. The summed E-state index contributed by atoms with van der Waals surface area (Å²) in [6, 6.07) is 14.8. The van der Waals surface area contributed by atoms with Crippen molar-refractivity contribution in [1.29, 1.82) is 0 Å². The second-order valence-electron chi connectivity index (χ2n) is 3.59. The van der Waals surface area contributed by atoms with Gasteiger partial charge in [0.05, 0.1) is 10.5 Å². The molecule has 0 atom stereocenters. The Bertz CT molecular complexity index is 521. The molecule has 0 aliphatic rings. The molecule has 0 spiro atoms. The lowest BCUT2D eigenvalue weighted by molar-refractivity contribution is -0.384. The maximum Gasteiger partial charge on any atom is 0.280 e. The van der Waals surface area contributed by atoms with Gasteiger partial charge >= 0.3 is 0 Å². The first-order chi connectivity index (χ1) is 7.70. The molecule has 0 bridgehead atoms. The first-order valence-electron chi connectivity index (χ1n) is 4.99. The van der Waals surface area contributed by atoms with Gasteiger partial charge in [0.15, 0.2) is 0 Å². The van der Waals surface area contributed by atoms with Crippen LogP contribution in [-0.2, 0) is 0 Å². The summed E-state index contributed by atoms with van der Waals surface area (Å²) < 4.78 is 0. The molecule has 2 aromatic rings. The van der Waals surface area contributed by atoms with E-state index >= 15 is 0 Å². The number of nitrogens with zero attached hydrogens (tertiary/aromatic N) is 1. The summed E-state index contributed by atoms with van der Waals surface area (Å²) in [5.74, 6) is 0. The third-order valence-corrected chi connectivity index (χ3v) is 2.51. The number of para-hydroxylation sites is 1. The highest BCUT2D eigenvalue weighted by atomic mass is 16.6. The molecule has 0 aliphatic carbocycles. The summed E-state index contributed by atoms with van der Waals surface area (Å²) in [4.78, 5) is 10.7. The van der Waals surface area contributed by atoms with Crippen LogP contribution >= 0.6 is 0 Å². The number of nitro benzene ring substituents is 1. The SMILES string of the molecule is Cc1cccc(-c2ccccc2)c1[N+](=O)[O-]. The van der Waals surface area contributed by atoms with Crippen molar-refractivity contribution in [2.24, 2.45) is 0 Å². The lowest BCUT2D eigenvalue weighted by atomic mass is 10.0. The maximum absolute atomic E-state index is 11.0. The summed E-state index contributed by atoms with van der Waals surface area (Å²) in [6.07, 6.45) is 0. The van der Waals surface area contributed by atoms with E-state index < -0.39 is 0 Å². The van der Waals surface area contributed by atoms with Gasteiger partial charge in [-0.1, -0.05) is 42.5 Å². The van der Waals surface area contributed by atoms with Gasteiger partial charge < -0.3 is 0 Å². The van der Waals surface area contributed by atoms with Crippen molar-refractivity contribution in [2.45, 2.75) is 6.92 Å². The smallest absolute Gasteiger partial charge is 0.258 e. The Balaban J connectivity index is 2.66. The molecule has 2 aromatic carbocycles. The van der Waals surface area contributed by atoms with Crippen molar-refractivity contribution in [2.75, 3.05) is 0 Å². The zero-order valence-corrected chi connectivity index (χ0v) is 8.88. The standard InChI is InChI=1S/C13H11NO2/c1-10-6-5-9-12(13(10)14(15)16)11-7-3-2-4-8-11/h2-9H,1H3. The monoisotopic (exact) mass is 213 g/mol. The highest BCUT2D eigenvalue weighted by molar-refractivity contribution is 5.75. The van der Waals surface area contributed by atoms with Crippen LogP contribution in [0.5, 0.6) is 0 Å². The first-order valence-corrected chi connectivity index (χ1v) is 4.99. The van der Waals surface area contributed by atoms with E-state index in [0.717, 1.165) is 5.56 Å². The third-order valence-electron chi connectivity index (χ3n) is 2.51. The molecule has 16 heavy (non-hydrogen) atoms. The molecule has 0 aliphatic heterocycles. The predicted molar refractivity (Wildman–Crippen MR) is 63.3 cm³/mol. The van der Waals surface area contributed by atoms with E-state index in [0.29, 0.717) is 11.1 Å². The highest BCUT2D eigenvalue weighted by Crippen LogP contribution is 2.31. The fourth-order valence-electron chi connectivity index (χ4n) is 1.75. The maximum atomic E-state index is 11.0. The number of hydrogen-bond donors (Lipinski definition) is 0. The zero-order valence-electron chi connectivity index (χ0n) is 8.88. The van der Waals surface area contributed by atoms with Gasteiger partial charge in [0, 0.05) is 5.56 Å². The van der Waals surface area contributed by atoms with Crippen LogP contribution in [0.4, 0.5) is 5.69 Å². The molecule has 0 N–H and O–H groups in total. The van der Waals surface area contributed by atoms with Crippen LogP contribution in [0, 0.1) is 17.0 Å². The Morgan fingerprint density at radius 1 is 1.00 bits per heavy atom. The molecule has 0 aromatic heterocycles. The van der Waals surface area contributed by atoms with Crippen LogP contribution in [0.2, 0.25) is 0 Å². The molecule has 3 heteroatoms. The van der Waals surface area contributed by atoms with Gasteiger partial charge in [0.25, 0.3) is 5.69 Å². The Kier molecular flexibility index (Phi) is 2.68. The van der Waals surface area contributed by atoms with Crippen molar-refractivity contribution in [3.8, 4) is 11.1 Å². The van der Waals surface area contributed by atoms with Crippen LogP contribution in [0.25, 0.3) is 11.1 Å². The summed E-state index contributed by atoms with van der Waals surface area (Å²) in [6.45, 7) is 1.75. The fraction of sp³-hybridized carbons (Fsp3) is 0.0769. The lowest BCUT2D eigenvalue weighted by Gasteiger charge is -2.04. The summed E-state index contributed by atoms with van der Waals surface area (Å²) >= 11 is 0. The van der Waals surface area contributed by atoms with E-state index in [1.54, 1.807) is 19.1 Å². The minimum absolute atomic E-state index is 0.189. The molecular formula is C13H11NO2. The van der Waals surface area contributed by atoms with Gasteiger partial charge in [-0.25, -0.2) is 0 Å². The van der Waals surface area contributed by atoms with Gasteiger partial charge in [0.1, 0.15) is 0 Å². The van der Waals surface area contributed by atoms with E-state index in [1.807, 2.05) is 36.4 Å². The summed E-state index contributed by atoms with van der Waals surface area (Å²) in [5, 5.41) is 11.0. The lowest BCUT2D eigenvalue weighted by Crippen LogP contribution is -1.94. The molecule has 0 radical (unpaired) electrons. The van der Waals surface area contributed by atoms with Crippen LogP contribution in [-0.4, -0.2) is 4.92 Å². The number of rotatable bonds is 2. The van der Waals surface area contributed by atoms with Gasteiger partial charge in [-0.15, -0.1) is 0 Å². The molecule has 2 rings (SSSR count). The molecule has 0 unspecified atom stereocenters. The second-order valence-corrected chi connectivity index (χ2v) is 3.59. The molecule has 0 heterocycles. The summed E-state index contributed by atoms with van der Waals surface area (Å²) in [7, 11) is 0. The van der Waals surface area contributed by atoms with Gasteiger partial charge in [0.2, 0.25) is 0 Å². The molecule has 0 saturated heterocycles. The Morgan fingerprint density at radius 3 is 2.31 bits per heavy atom. The molecule has 3 nitrogen and oxygen atoms in total. The van der Waals surface area contributed by atoms with Crippen molar-refractivity contribution in [1.82, 2.24) is 0 Å². The molecule has 0 fully saturated rings. The number of aryl methyl sites for hydroxylation is 1. The van der Waals surface area contributed by atoms with Crippen LogP contribution < -0.4 is 0 Å². The first kappa shape index (κ1) is 10.4. The second kappa shape index (κ2) is 4.14. The van der Waals surface area contributed by atoms with E-state index in [9.17, 15) is 10.1 Å². The largest absolute Gasteiger partial charge is 0.280 e. The number of nitro groups is 1. The summed E-state index contributed by atoms with van der Waals surface area (Å²) in [5.41, 5.74) is 2.42. The van der Waals surface area contributed by atoms with Gasteiger partial charge in [-0.2, -0.15) is 0 Å². The van der Waals surface area contributed by atoms with E-state index in [1.165, 1.54) is 0 Å². The Morgan fingerprint density at radius 2 is 1.69 bits per heavy atom. The minimum atomic E-state index is -0.322. The highest BCUT2D eigenvalue weighted by Gasteiger charge is 2.17. The van der Waals surface area contributed by atoms with Crippen LogP contribution in [0.15, 0.2) is 48.5 Å². The van der Waals surface area contributed by atoms with Gasteiger partial charge in [-0.3, -0.25) is 10.1 Å². The zero-order chi connectivity index (χ0) is 11.5. The van der Waals surface area contributed by atoms with Crippen molar-refractivity contribution < 1.29 is 4.92 Å². The minimum Gasteiger partial charge on any atom is -0.258 e. The van der Waals surface area contributed by atoms with E-state index in [-0.39, 0.29) is 10.6 Å². The molecule has 0 saturated carbocycles. The quantitative estimate of drug-likeness (QED) is 0.565. The van der Waals surface area contributed by atoms with Crippen molar-refractivity contribution in [3.05, 3.63) is 64.2 Å². The average Bonchev–Trinajstić information content (AvgIpc) is 2.29. The fourth-order valence-corrected chi connectivity index (χ4v) is 1.75. The number of benzene rings is 2. The molecular weight excluding hydrogens is 202 g/mol. The van der Waals surface area contributed by atoms with Crippen LogP contribution in [0.1, 0.15) is 5.56 Å². The van der Waals surface area contributed by atoms with E-state index in [4.69, 9.17) is 0 Å². The normalized spacial score (nSPS) is 10.1. The van der Waals surface area contributed by atoms with E-state index in [2.05, 4.69) is 0 Å². The third kappa shape index (κ3) is 1.80. The Labute approximate surface area is 93.5 Å². The average molecular weight is 213 g/mol.